The molecule has 0 fully saturated rings. The van der Waals surface area contributed by atoms with E-state index in [1.54, 1.807) is 0 Å². The molecule has 1 nitrogen and oxygen atoms in total. The summed E-state index contributed by atoms with van der Waals surface area (Å²) < 4.78 is 0. The fraction of sp³-hybridized carbons (Fsp3) is 0.400. The third kappa shape index (κ3) is 2.87. The Morgan fingerprint density at radius 2 is 1.69 bits per heavy atom. The Balaban J connectivity index is 0.000000720. The van der Waals surface area contributed by atoms with Gasteiger partial charge in [-0.1, -0.05) is 24.3 Å². The van der Waals surface area contributed by atoms with Crippen LogP contribution in [0.15, 0.2) is 24.3 Å². The van der Waals surface area contributed by atoms with E-state index in [2.05, 4.69) is 18.2 Å². The van der Waals surface area contributed by atoms with E-state index < -0.39 is 0 Å². The van der Waals surface area contributed by atoms with E-state index in [0.29, 0.717) is 0 Å². The number of aliphatic hydroxyl groups is 1. The molecular formula is C10H14Cl2O. The molecule has 0 saturated carbocycles. The topological polar surface area (TPSA) is 20.2 Å². The second-order valence-corrected chi connectivity index (χ2v) is 3.17. The lowest BCUT2D eigenvalue weighted by Crippen LogP contribution is -2.18. The molecule has 13 heavy (non-hydrogen) atoms. The molecule has 1 aromatic rings. The highest BCUT2D eigenvalue weighted by Gasteiger charge is 2.14. The Hall–Kier alpha value is -0.240. The van der Waals surface area contributed by atoms with E-state index in [4.69, 9.17) is 0 Å². The molecule has 1 N–H and O–H groups in total. The number of aliphatic hydroxyl groups excluding tert-OH is 1. The molecular weight excluding hydrogens is 207 g/mol. The van der Waals surface area contributed by atoms with Crippen molar-refractivity contribution >= 4 is 24.8 Å². The van der Waals surface area contributed by atoms with Crippen molar-refractivity contribution in [1.82, 2.24) is 0 Å². The third-order valence-electron chi connectivity index (χ3n) is 2.32. The summed E-state index contributed by atoms with van der Waals surface area (Å²) in [6.45, 7) is 0. The Bertz CT molecular complexity index is 263. The van der Waals surface area contributed by atoms with Gasteiger partial charge in [-0.25, -0.2) is 0 Å². The van der Waals surface area contributed by atoms with Gasteiger partial charge in [0.15, 0.2) is 0 Å². The second-order valence-electron chi connectivity index (χ2n) is 3.17. The number of fused-ring (bicyclic) bond motifs is 1. The van der Waals surface area contributed by atoms with Crippen LogP contribution in [-0.2, 0) is 12.8 Å². The van der Waals surface area contributed by atoms with Crippen LogP contribution >= 0.6 is 24.8 Å². The van der Waals surface area contributed by atoms with Crippen LogP contribution in [0.1, 0.15) is 17.5 Å². The molecule has 0 spiro atoms. The predicted octanol–water partition coefficient (Wildman–Crippen LogP) is 2.38. The van der Waals surface area contributed by atoms with Crippen molar-refractivity contribution in [1.29, 1.82) is 0 Å². The number of rotatable bonds is 0. The normalized spacial score (nSPS) is 19.3. The Kier molecular flexibility index (Phi) is 5.38. The number of hydrogen-bond acceptors (Lipinski definition) is 1. The zero-order chi connectivity index (χ0) is 7.68. The molecule has 0 radical (unpaired) electrons. The SMILES string of the molecule is Cl.Cl.OC1CCc2ccccc2C1. The van der Waals surface area contributed by atoms with Gasteiger partial charge in [0, 0.05) is 0 Å². The number of benzene rings is 1. The zero-order valence-corrected chi connectivity index (χ0v) is 8.90. The van der Waals surface area contributed by atoms with Gasteiger partial charge in [-0.3, -0.25) is 0 Å². The van der Waals surface area contributed by atoms with Gasteiger partial charge in [0.05, 0.1) is 6.10 Å². The summed E-state index contributed by atoms with van der Waals surface area (Å²) in [5, 5.41) is 9.36. The molecule has 1 atom stereocenters. The fourth-order valence-electron chi connectivity index (χ4n) is 1.68. The lowest BCUT2D eigenvalue weighted by Gasteiger charge is -2.19. The quantitative estimate of drug-likeness (QED) is 0.713. The van der Waals surface area contributed by atoms with E-state index in [-0.39, 0.29) is 30.9 Å². The van der Waals surface area contributed by atoms with Crippen LogP contribution in [0.2, 0.25) is 0 Å². The van der Waals surface area contributed by atoms with E-state index in [1.807, 2.05) is 6.07 Å². The van der Waals surface area contributed by atoms with Crippen LogP contribution in [0.25, 0.3) is 0 Å². The first-order chi connectivity index (χ1) is 5.36. The standard InChI is InChI=1S/C10H12O.2ClH/c11-10-6-5-8-3-1-2-4-9(8)7-10;;/h1-4,10-11H,5-7H2;2*1H. The van der Waals surface area contributed by atoms with Crippen molar-refractivity contribution in [3.63, 3.8) is 0 Å². The van der Waals surface area contributed by atoms with E-state index in [9.17, 15) is 5.11 Å². The Morgan fingerprint density at radius 1 is 1.08 bits per heavy atom. The molecule has 0 aliphatic heterocycles. The van der Waals surface area contributed by atoms with Crippen LogP contribution in [0.3, 0.4) is 0 Å². The smallest absolute Gasteiger partial charge is 0.0583 e. The molecule has 1 aliphatic carbocycles. The summed E-state index contributed by atoms with van der Waals surface area (Å²) in [6, 6.07) is 8.37. The van der Waals surface area contributed by atoms with E-state index >= 15 is 0 Å². The molecule has 1 unspecified atom stereocenters. The first kappa shape index (κ1) is 12.8. The highest BCUT2D eigenvalue weighted by atomic mass is 35.5. The maximum atomic E-state index is 9.36. The summed E-state index contributed by atoms with van der Waals surface area (Å²) in [5.41, 5.74) is 2.74. The maximum Gasteiger partial charge on any atom is 0.0583 e. The fourth-order valence-corrected chi connectivity index (χ4v) is 1.68. The van der Waals surface area contributed by atoms with Crippen molar-refractivity contribution in [2.45, 2.75) is 25.4 Å². The lowest BCUT2D eigenvalue weighted by atomic mass is 9.90. The molecule has 1 aromatic carbocycles. The minimum atomic E-state index is -0.107. The average molecular weight is 221 g/mol. The van der Waals surface area contributed by atoms with Crippen molar-refractivity contribution < 1.29 is 5.11 Å². The molecule has 1 aliphatic rings. The highest BCUT2D eigenvalue weighted by Crippen LogP contribution is 2.20. The molecule has 0 bridgehead atoms. The first-order valence-electron chi connectivity index (χ1n) is 4.11. The van der Waals surface area contributed by atoms with Crippen LogP contribution in [0.5, 0.6) is 0 Å². The largest absolute Gasteiger partial charge is 0.393 e. The Morgan fingerprint density at radius 3 is 2.38 bits per heavy atom. The molecule has 0 heterocycles. The van der Waals surface area contributed by atoms with Gasteiger partial charge in [0.1, 0.15) is 0 Å². The van der Waals surface area contributed by atoms with Crippen molar-refractivity contribution in [3.8, 4) is 0 Å². The van der Waals surface area contributed by atoms with Crippen molar-refractivity contribution in [2.75, 3.05) is 0 Å². The van der Waals surface area contributed by atoms with Gasteiger partial charge in [-0.2, -0.15) is 0 Å². The van der Waals surface area contributed by atoms with Gasteiger partial charge in [0.2, 0.25) is 0 Å². The van der Waals surface area contributed by atoms with Gasteiger partial charge in [-0.05, 0) is 30.4 Å². The van der Waals surface area contributed by atoms with Crippen LogP contribution < -0.4 is 0 Å². The summed E-state index contributed by atoms with van der Waals surface area (Å²) >= 11 is 0. The minimum absolute atomic E-state index is 0. The summed E-state index contributed by atoms with van der Waals surface area (Å²) in [7, 11) is 0. The van der Waals surface area contributed by atoms with Gasteiger partial charge in [-0.15, -0.1) is 24.8 Å². The molecule has 0 saturated heterocycles. The highest BCUT2D eigenvalue weighted by molar-refractivity contribution is 5.85. The molecule has 74 valence electrons. The molecule has 0 aromatic heterocycles. The van der Waals surface area contributed by atoms with Gasteiger partial charge >= 0.3 is 0 Å². The minimum Gasteiger partial charge on any atom is -0.393 e. The van der Waals surface area contributed by atoms with Gasteiger partial charge < -0.3 is 5.11 Å². The molecule has 3 heteroatoms. The summed E-state index contributed by atoms with van der Waals surface area (Å²) in [6.07, 6.45) is 2.70. The monoisotopic (exact) mass is 220 g/mol. The van der Waals surface area contributed by atoms with Crippen LogP contribution in [0, 0.1) is 0 Å². The number of aryl methyl sites for hydroxylation is 1. The number of halogens is 2. The Labute approximate surface area is 91.0 Å². The van der Waals surface area contributed by atoms with Gasteiger partial charge in [0.25, 0.3) is 0 Å². The number of hydrogen-bond donors (Lipinski definition) is 1. The second kappa shape index (κ2) is 5.48. The average Bonchev–Trinajstić information content (AvgIpc) is 2.04. The van der Waals surface area contributed by atoms with Crippen molar-refractivity contribution in [3.05, 3.63) is 35.4 Å². The summed E-state index contributed by atoms with van der Waals surface area (Å²) in [4.78, 5) is 0. The third-order valence-corrected chi connectivity index (χ3v) is 2.32. The van der Waals surface area contributed by atoms with Crippen LogP contribution in [0.4, 0.5) is 0 Å². The maximum absolute atomic E-state index is 9.36. The first-order valence-corrected chi connectivity index (χ1v) is 4.11. The predicted molar refractivity (Wildman–Crippen MR) is 59.0 cm³/mol. The van der Waals surface area contributed by atoms with E-state index in [0.717, 1.165) is 19.3 Å². The van der Waals surface area contributed by atoms with Crippen LogP contribution in [-0.4, -0.2) is 11.2 Å². The lowest BCUT2D eigenvalue weighted by molar-refractivity contribution is 0.158. The molecule has 2 rings (SSSR count). The van der Waals surface area contributed by atoms with Crippen molar-refractivity contribution in [2.24, 2.45) is 0 Å². The summed E-state index contributed by atoms with van der Waals surface area (Å²) in [5.74, 6) is 0. The zero-order valence-electron chi connectivity index (χ0n) is 7.27. The van der Waals surface area contributed by atoms with E-state index in [1.165, 1.54) is 11.1 Å². The molecule has 0 amide bonds.